The normalized spacial score (nSPS) is 10.2. The Morgan fingerprint density at radius 3 is 2.93 bits per heavy atom. The number of hydrogen-bond donors (Lipinski definition) is 1. The summed E-state index contributed by atoms with van der Waals surface area (Å²) in [5.41, 5.74) is 0.522. The van der Waals surface area contributed by atoms with E-state index in [1.54, 1.807) is 13.0 Å². The molecule has 2 rings (SSSR count). The average Bonchev–Trinajstić information content (AvgIpc) is 2.65. The van der Waals surface area contributed by atoms with Crippen LogP contribution in [0.25, 0.3) is 11.4 Å². The lowest BCUT2D eigenvalue weighted by Crippen LogP contribution is -1.99. The minimum Gasteiger partial charge on any atom is -0.477 e. The first kappa shape index (κ1) is 9.32. The summed E-state index contributed by atoms with van der Waals surface area (Å²) in [6.45, 7) is 1.66. The van der Waals surface area contributed by atoms with Gasteiger partial charge in [-0.15, -0.1) is 0 Å². The molecule has 0 radical (unpaired) electrons. The smallest absolute Gasteiger partial charge is 0.354 e. The largest absolute Gasteiger partial charge is 0.477 e. The van der Waals surface area contributed by atoms with Gasteiger partial charge >= 0.3 is 5.97 Å². The predicted octanol–water partition coefficient (Wildman–Crippen LogP) is 1.14. The summed E-state index contributed by atoms with van der Waals surface area (Å²) in [4.78, 5) is 18.3. The fourth-order valence-corrected chi connectivity index (χ4v) is 1.10. The van der Waals surface area contributed by atoms with Crippen molar-refractivity contribution >= 4 is 5.97 Å². The number of aromatic carboxylic acids is 1. The van der Waals surface area contributed by atoms with Crippen LogP contribution in [0.4, 0.5) is 0 Å². The molecule has 76 valence electrons. The Balaban J connectivity index is 2.45. The zero-order chi connectivity index (χ0) is 10.8. The van der Waals surface area contributed by atoms with Gasteiger partial charge in [-0.05, 0) is 12.1 Å². The molecule has 6 heteroatoms. The third-order valence-electron chi connectivity index (χ3n) is 1.76. The molecule has 0 aliphatic heterocycles. The van der Waals surface area contributed by atoms with Crippen LogP contribution < -0.4 is 0 Å². The summed E-state index contributed by atoms with van der Waals surface area (Å²) in [6, 6.07) is 3.02. The molecule has 2 heterocycles. The number of carboxylic acid groups (broad SMARTS) is 1. The highest BCUT2D eigenvalue weighted by atomic mass is 16.5. The number of carbonyl (C=O) groups is 1. The number of aromatic nitrogens is 3. The zero-order valence-electron chi connectivity index (χ0n) is 7.84. The number of hydrogen-bond acceptors (Lipinski definition) is 5. The number of aryl methyl sites for hydroxylation is 1. The molecular formula is C9H7N3O3. The lowest BCUT2D eigenvalue weighted by atomic mass is 10.2. The molecule has 0 aliphatic rings. The standard InChI is InChI=1S/C9H7N3O3/c1-5-11-8(12-15-5)6-2-3-10-7(4-6)9(13)14/h2-4H,1H3,(H,13,14). The lowest BCUT2D eigenvalue weighted by molar-refractivity contribution is 0.0690. The quantitative estimate of drug-likeness (QED) is 0.790. The molecule has 2 aromatic heterocycles. The molecular weight excluding hydrogens is 198 g/mol. The van der Waals surface area contributed by atoms with Crippen LogP contribution in [0.2, 0.25) is 0 Å². The maximum absolute atomic E-state index is 10.7. The van der Waals surface area contributed by atoms with Gasteiger partial charge in [-0.3, -0.25) is 0 Å². The lowest BCUT2D eigenvalue weighted by Gasteiger charge is -1.95. The van der Waals surface area contributed by atoms with Gasteiger partial charge in [0.25, 0.3) is 0 Å². The van der Waals surface area contributed by atoms with Gasteiger partial charge < -0.3 is 9.63 Å². The first-order chi connectivity index (χ1) is 7.16. The molecule has 6 nitrogen and oxygen atoms in total. The molecule has 0 saturated carbocycles. The Labute approximate surface area is 84.6 Å². The van der Waals surface area contributed by atoms with Crippen LogP contribution in [-0.4, -0.2) is 26.2 Å². The van der Waals surface area contributed by atoms with Crippen LogP contribution in [-0.2, 0) is 0 Å². The highest BCUT2D eigenvalue weighted by Gasteiger charge is 2.09. The summed E-state index contributed by atoms with van der Waals surface area (Å²) in [7, 11) is 0. The number of carboxylic acids is 1. The summed E-state index contributed by atoms with van der Waals surface area (Å²) in [6.07, 6.45) is 1.39. The molecule has 0 aromatic carbocycles. The Hall–Kier alpha value is -2.24. The van der Waals surface area contributed by atoms with Crippen molar-refractivity contribution in [3.05, 3.63) is 29.9 Å². The van der Waals surface area contributed by atoms with Crippen LogP contribution in [0.15, 0.2) is 22.9 Å². The van der Waals surface area contributed by atoms with Crippen LogP contribution in [0.3, 0.4) is 0 Å². The Kier molecular flexibility index (Phi) is 2.17. The first-order valence-corrected chi connectivity index (χ1v) is 4.17. The highest BCUT2D eigenvalue weighted by Crippen LogP contribution is 2.15. The van der Waals surface area contributed by atoms with Crippen molar-refractivity contribution in [3.63, 3.8) is 0 Å². The summed E-state index contributed by atoms with van der Waals surface area (Å²) >= 11 is 0. The molecule has 0 unspecified atom stereocenters. The Morgan fingerprint density at radius 2 is 2.33 bits per heavy atom. The van der Waals surface area contributed by atoms with Crippen molar-refractivity contribution < 1.29 is 14.4 Å². The van der Waals surface area contributed by atoms with Crippen LogP contribution in [0.1, 0.15) is 16.4 Å². The van der Waals surface area contributed by atoms with E-state index in [1.165, 1.54) is 12.3 Å². The molecule has 0 bridgehead atoms. The van der Waals surface area contributed by atoms with Gasteiger partial charge in [0.2, 0.25) is 11.7 Å². The van der Waals surface area contributed by atoms with Crippen molar-refractivity contribution in [1.29, 1.82) is 0 Å². The van der Waals surface area contributed by atoms with Gasteiger partial charge in [-0.1, -0.05) is 5.16 Å². The molecule has 0 fully saturated rings. The van der Waals surface area contributed by atoms with Gasteiger partial charge in [0.1, 0.15) is 5.69 Å². The van der Waals surface area contributed by atoms with Crippen LogP contribution >= 0.6 is 0 Å². The third kappa shape index (κ3) is 1.83. The number of rotatable bonds is 2. The molecule has 0 amide bonds. The first-order valence-electron chi connectivity index (χ1n) is 4.17. The summed E-state index contributed by atoms with van der Waals surface area (Å²) < 4.78 is 4.79. The van der Waals surface area contributed by atoms with Crippen molar-refractivity contribution in [2.45, 2.75) is 6.92 Å². The Bertz CT molecular complexity index is 507. The fraction of sp³-hybridized carbons (Fsp3) is 0.111. The minimum absolute atomic E-state index is 0.0463. The maximum atomic E-state index is 10.7. The number of nitrogens with zero attached hydrogens (tertiary/aromatic N) is 3. The Morgan fingerprint density at radius 1 is 1.53 bits per heavy atom. The van der Waals surface area contributed by atoms with E-state index in [0.29, 0.717) is 17.3 Å². The van der Waals surface area contributed by atoms with E-state index in [-0.39, 0.29) is 5.69 Å². The van der Waals surface area contributed by atoms with Crippen molar-refractivity contribution in [2.75, 3.05) is 0 Å². The maximum Gasteiger partial charge on any atom is 0.354 e. The van der Waals surface area contributed by atoms with E-state index in [2.05, 4.69) is 15.1 Å². The van der Waals surface area contributed by atoms with Crippen LogP contribution in [0, 0.1) is 6.92 Å². The molecule has 2 aromatic rings. The second-order valence-electron chi connectivity index (χ2n) is 2.87. The van der Waals surface area contributed by atoms with E-state index >= 15 is 0 Å². The molecule has 15 heavy (non-hydrogen) atoms. The SMILES string of the molecule is Cc1nc(-c2ccnc(C(=O)O)c2)no1. The van der Waals surface area contributed by atoms with E-state index in [9.17, 15) is 4.79 Å². The second-order valence-corrected chi connectivity index (χ2v) is 2.87. The average molecular weight is 205 g/mol. The monoisotopic (exact) mass is 205 g/mol. The topological polar surface area (TPSA) is 89.1 Å². The van der Waals surface area contributed by atoms with E-state index in [4.69, 9.17) is 9.63 Å². The fourth-order valence-electron chi connectivity index (χ4n) is 1.10. The van der Waals surface area contributed by atoms with E-state index < -0.39 is 5.97 Å². The van der Waals surface area contributed by atoms with E-state index in [1.807, 2.05) is 0 Å². The molecule has 0 aliphatic carbocycles. The van der Waals surface area contributed by atoms with Gasteiger partial charge in [0, 0.05) is 18.7 Å². The van der Waals surface area contributed by atoms with Crippen LogP contribution in [0.5, 0.6) is 0 Å². The van der Waals surface area contributed by atoms with Crippen molar-refractivity contribution in [1.82, 2.24) is 15.1 Å². The molecule has 0 atom stereocenters. The molecule has 0 spiro atoms. The second kappa shape index (κ2) is 3.49. The van der Waals surface area contributed by atoms with Gasteiger partial charge in [-0.25, -0.2) is 9.78 Å². The van der Waals surface area contributed by atoms with Gasteiger partial charge in [-0.2, -0.15) is 4.98 Å². The number of pyridine rings is 1. The van der Waals surface area contributed by atoms with Gasteiger partial charge in [0.15, 0.2) is 0 Å². The van der Waals surface area contributed by atoms with E-state index in [0.717, 1.165) is 0 Å². The zero-order valence-corrected chi connectivity index (χ0v) is 7.84. The summed E-state index contributed by atoms with van der Waals surface area (Å²) in [5.74, 6) is -0.298. The van der Waals surface area contributed by atoms with Crippen molar-refractivity contribution in [3.8, 4) is 11.4 Å². The minimum atomic E-state index is -1.09. The molecule has 0 saturated heterocycles. The summed E-state index contributed by atoms with van der Waals surface area (Å²) in [5, 5.41) is 12.4. The van der Waals surface area contributed by atoms with Crippen molar-refractivity contribution in [2.24, 2.45) is 0 Å². The third-order valence-corrected chi connectivity index (χ3v) is 1.76. The van der Waals surface area contributed by atoms with Gasteiger partial charge in [0.05, 0.1) is 0 Å². The predicted molar refractivity (Wildman–Crippen MR) is 49.2 cm³/mol. The molecule has 1 N–H and O–H groups in total. The highest BCUT2D eigenvalue weighted by molar-refractivity contribution is 5.86.